The summed E-state index contributed by atoms with van der Waals surface area (Å²) in [7, 11) is 1.66. The highest BCUT2D eigenvalue weighted by molar-refractivity contribution is 7.99. The van der Waals surface area contributed by atoms with Gasteiger partial charge >= 0.3 is 12.1 Å². The van der Waals surface area contributed by atoms with Crippen LogP contribution in [0.4, 0.5) is 13.2 Å². The molecule has 2 aliphatic heterocycles. The number of rotatable bonds is 11. The third kappa shape index (κ3) is 8.63. The van der Waals surface area contributed by atoms with E-state index in [-0.39, 0.29) is 44.2 Å². The largest absolute Gasteiger partial charge is 0.496 e. The number of likely N-dealkylation sites (tertiary alicyclic amines) is 1. The number of benzene rings is 4. The maximum absolute atomic E-state index is 13.1. The van der Waals surface area contributed by atoms with Crippen LogP contribution >= 0.6 is 11.8 Å². The van der Waals surface area contributed by atoms with Gasteiger partial charge in [0.25, 0.3) is 0 Å². The average Bonchev–Trinajstić information content (AvgIpc) is 3.66. The molecule has 0 spiro atoms. The first kappa shape index (κ1) is 37.4. The molecule has 6 rings (SSSR count). The highest BCUT2D eigenvalue weighted by Crippen LogP contribution is 2.44. The van der Waals surface area contributed by atoms with Crippen molar-refractivity contribution in [1.29, 1.82) is 0 Å². The van der Waals surface area contributed by atoms with Gasteiger partial charge in [0, 0.05) is 35.2 Å². The Hall–Kier alpha value is -4.36. The molecule has 12 heteroatoms. The Morgan fingerprint density at radius 3 is 2.38 bits per heavy atom. The fourth-order valence-electron chi connectivity index (χ4n) is 6.70. The van der Waals surface area contributed by atoms with Crippen LogP contribution in [0, 0.1) is 5.92 Å². The van der Waals surface area contributed by atoms with Crippen molar-refractivity contribution in [3.05, 3.63) is 119 Å². The standard InChI is InChI=1S/C40H41F3N2O6S/c1-25-34(24-52-35-14-4-3-13-33(35)49-2)50-38(51-36(25)28-17-15-26(23-46)16-18-28)31-11-6-10-30(21-31)29-9-5-8-27(20-29)22-44-37(47)32-12-7-19-45(32)39(48)40(41,42)43/h3-6,8-11,13-18,20-21,25,32,34,36,38,46H,7,12,19,22-24H2,1-2H3,(H,44,47)/t25-,32-,34+,36+,38+/m0/s1. The van der Waals surface area contributed by atoms with Crippen molar-refractivity contribution >= 4 is 23.6 Å². The van der Waals surface area contributed by atoms with Crippen LogP contribution in [0.1, 0.15) is 54.4 Å². The van der Waals surface area contributed by atoms with E-state index in [0.717, 1.165) is 44.0 Å². The molecule has 0 unspecified atom stereocenters. The lowest BCUT2D eigenvalue weighted by molar-refractivity contribution is -0.268. The maximum Gasteiger partial charge on any atom is 0.471 e. The normalized spacial score (nSPS) is 21.9. The van der Waals surface area contributed by atoms with Crippen LogP contribution < -0.4 is 10.1 Å². The van der Waals surface area contributed by atoms with E-state index in [9.17, 15) is 27.9 Å². The third-order valence-electron chi connectivity index (χ3n) is 9.54. The summed E-state index contributed by atoms with van der Waals surface area (Å²) in [6.45, 7) is 2.06. The van der Waals surface area contributed by atoms with Gasteiger partial charge in [-0.25, -0.2) is 0 Å². The Kier molecular flexibility index (Phi) is 11.9. The van der Waals surface area contributed by atoms with Crippen LogP contribution in [0.5, 0.6) is 5.75 Å². The van der Waals surface area contributed by atoms with Crippen molar-refractivity contribution in [2.24, 2.45) is 5.92 Å². The lowest BCUT2D eigenvalue weighted by Crippen LogP contribution is -2.50. The predicted molar refractivity (Wildman–Crippen MR) is 191 cm³/mol. The van der Waals surface area contributed by atoms with E-state index in [1.165, 1.54) is 0 Å². The predicted octanol–water partition coefficient (Wildman–Crippen LogP) is 7.61. The van der Waals surface area contributed by atoms with Gasteiger partial charge < -0.3 is 29.5 Å². The number of thioether (sulfide) groups is 1. The zero-order valence-corrected chi connectivity index (χ0v) is 29.7. The van der Waals surface area contributed by atoms with E-state index < -0.39 is 30.3 Å². The molecular weight excluding hydrogens is 694 g/mol. The van der Waals surface area contributed by atoms with Gasteiger partial charge in [-0.05, 0) is 64.9 Å². The smallest absolute Gasteiger partial charge is 0.471 e. The van der Waals surface area contributed by atoms with Gasteiger partial charge in [0.15, 0.2) is 6.29 Å². The summed E-state index contributed by atoms with van der Waals surface area (Å²) in [6.07, 6.45) is -5.67. The van der Waals surface area contributed by atoms with Crippen molar-refractivity contribution in [1.82, 2.24) is 10.2 Å². The van der Waals surface area contributed by atoms with Gasteiger partial charge in [0.2, 0.25) is 5.91 Å². The lowest BCUT2D eigenvalue weighted by Gasteiger charge is -2.41. The van der Waals surface area contributed by atoms with Crippen LogP contribution in [0.15, 0.2) is 102 Å². The van der Waals surface area contributed by atoms with Crippen LogP contribution in [0.2, 0.25) is 0 Å². The van der Waals surface area contributed by atoms with Crippen molar-refractivity contribution in [3.63, 3.8) is 0 Å². The lowest BCUT2D eigenvalue weighted by atomic mass is 9.91. The van der Waals surface area contributed by atoms with Gasteiger partial charge in [0.05, 0.1) is 25.9 Å². The number of methoxy groups -OCH3 is 1. The molecule has 0 aliphatic carbocycles. The van der Waals surface area contributed by atoms with Crippen LogP contribution in [-0.4, -0.2) is 59.6 Å². The fourth-order valence-corrected chi connectivity index (χ4v) is 7.89. The van der Waals surface area contributed by atoms with E-state index in [0.29, 0.717) is 17.1 Å². The molecule has 0 bridgehead atoms. The van der Waals surface area contributed by atoms with Gasteiger partial charge in [0.1, 0.15) is 11.8 Å². The molecule has 2 saturated heterocycles. The minimum Gasteiger partial charge on any atom is -0.496 e. The van der Waals surface area contributed by atoms with Crippen molar-refractivity contribution in [2.45, 2.75) is 68.5 Å². The first-order valence-corrected chi connectivity index (χ1v) is 18.2. The molecule has 2 aliphatic rings. The average molecular weight is 735 g/mol. The summed E-state index contributed by atoms with van der Waals surface area (Å²) >= 11 is 1.66. The summed E-state index contributed by atoms with van der Waals surface area (Å²) in [5.41, 5.74) is 5.13. The maximum atomic E-state index is 13.1. The minimum absolute atomic E-state index is 0.00333. The van der Waals surface area contributed by atoms with Gasteiger partial charge in [-0.3, -0.25) is 9.59 Å². The quantitative estimate of drug-likeness (QED) is 0.153. The number of carbonyl (C=O) groups excluding carboxylic acids is 2. The number of hydrogen-bond donors (Lipinski definition) is 2. The van der Waals surface area contributed by atoms with E-state index in [1.807, 2.05) is 97.1 Å². The van der Waals surface area contributed by atoms with E-state index in [2.05, 4.69) is 12.2 Å². The summed E-state index contributed by atoms with van der Waals surface area (Å²) < 4.78 is 58.2. The Labute approximate surface area is 305 Å². The molecule has 0 saturated carbocycles. The second kappa shape index (κ2) is 16.5. The number of aliphatic hydroxyl groups excluding tert-OH is 1. The molecule has 4 aromatic carbocycles. The van der Waals surface area contributed by atoms with Crippen molar-refractivity contribution in [2.75, 3.05) is 19.4 Å². The van der Waals surface area contributed by atoms with E-state index >= 15 is 0 Å². The minimum atomic E-state index is -5.03. The number of nitrogens with one attached hydrogen (secondary N) is 1. The molecule has 8 nitrogen and oxygen atoms in total. The molecule has 2 fully saturated rings. The number of aliphatic hydroxyl groups is 1. The Bertz CT molecular complexity index is 1860. The summed E-state index contributed by atoms with van der Waals surface area (Å²) in [5.74, 6) is -1.15. The zero-order valence-electron chi connectivity index (χ0n) is 28.8. The third-order valence-corrected chi connectivity index (χ3v) is 10.7. The molecule has 52 heavy (non-hydrogen) atoms. The molecule has 0 aromatic heterocycles. The number of para-hydroxylation sites is 1. The number of carbonyl (C=O) groups is 2. The molecule has 2 amide bonds. The molecule has 4 aromatic rings. The Morgan fingerprint density at radius 1 is 0.923 bits per heavy atom. The highest BCUT2D eigenvalue weighted by atomic mass is 32.2. The monoisotopic (exact) mass is 734 g/mol. The van der Waals surface area contributed by atoms with Crippen LogP contribution in [0.25, 0.3) is 11.1 Å². The van der Waals surface area contributed by atoms with Gasteiger partial charge in [-0.1, -0.05) is 79.7 Å². The molecule has 2 heterocycles. The number of nitrogens with zero attached hydrogens (tertiary/aromatic N) is 1. The topological polar surface area (TPSA) is 97.3 Å². The first-order chi connectivity index (χ1) is 25.0. The molecule has 274 valence electrons. The number of amides is 2. The van der Waals surface area contributed by atoms with Gasteiger partial charge in [-0.2, -0.15) is 13.2 Å². The number of halogens is 3. The molecule has 0 radical (unpaired) electrons. The molecule has 5 atom stereocenters. The summed E-state index contributed by atoms with van der Waals surface area (Å²) in [4.78, 5) is 26.4. The Morgan fingerprint density at radius 2 is 1.65 bits per heavy atom. The van der Waals surface area contributed by atoms with Crippen molar-refractivity contribution in [3.8, 4) is 16.9 Å². The number of ether oxygens (including phenoxy) is 3. The number of alkyl halides is 3. The Balaban J connectivity index is 1.19. The van der Waals surface area contributed by atoms with Crippen LogP contribution in [0.3, 0.4) is 0 Å². The van der Waals surface area contributed by atoms with Crippen molar-refractivity contribution < 1.29 is 42.1 Å². The van der Waals surface area contributed by atoms with Crippen LogP contribution in [-0.2, 0) is 32.2 Å². The highest BCUT2D eigenvalue weighted by Gasteiger charge is 2.47. The molecular formula is C40H41F3N2O6S. The van der Waals surface area contributed by atoms with E-state index in [4.69, 9.17) is 14.2 Å². The SMILES string of the molecule is COc1ccccc1SC[C@H]1O[C@@H](c2cccc(-c3cccc(CNC(=O)[C@@H]4CCCN4C(=O)C(F)(F)F)c3)c2)O[C@@H](c2ccc(CO)cc2)[C@H]1C. The fraction of sp³-hybridized carbons (Fsp3) is 0.350. The zero-order chi connectivity index (χ0) is 36.8. The second-order valence-electron chi connectivity index (χ2n) is 13.0. The summed E-state index contributed by atoms with van der Waals surface area (Å²) in [6, 6.07) is 29.9. The first-order valence-electron chi connectivity index (χ1n) is 17.2. The van der Waals surface area contributed by atoms with Gasteiger partial charge in [-0.15, -0.1) is 11.8 Å². The van der Waals surface area contributed by atoms with E-state index in [1.54, 1.807) is 18.9 Å². The second-order valence-corrected chi connectivity index (χ2v) is 14.0. The summed E-state index contributed by atoms with van der Waals surface area (Å²) in [5, 5.41) is 12.3. The number of hydrogen-bond acceptors (Lipinski definition) is 7. The molecule has 2 N–H and O–H groups in total.